The Morgan fingerprint density at radius 2 is 1.61 bits per heavy atom. The number of unbranched alkanes of at least 4 members (excludes halogenated alkanes) is 3. The van der Waals surface area contributed by atoms with Gasteiger partial charge in [0.25, 0.3) is 0 Å². The predicted molar refractivity (Wildman–Crippen MR) is 88.5 cm³/mol. The van der Waals surface area contributed by atoms with Crippen molar-refractivity contribution in [3.8, 4) is 6.07 Å². The van der Waals surface area contributed by atoms with Gasteiger partial charge in [0.1, 0.15) is 0 Å². The van der Waals surface area contributed by atoms with Gasteiger partial charge in [0.15, 0.2) is 5.41 Å². The molecule has 0 bridgehead atoms. The third-order valence-corrected chi connectivity index (χ3v) is 4.03. The van der Waals surface area contributed by atoms with Crippen LogP contribution < -0.4 is 0 Å². The van der Waals surface area contributed by atoms with Crippen LogP contribution >= 0.6 is 0 Å². The Morgan fingerprint density at radius 3 is 2.09 bits per heavy atom. The van der Waals surface area contributed by atoms with Crippen molar-refractivity contribution in [3.63, 3.8) is 0 Å². The molecule has 0 amide bonds. The van der Waals surface area contributed by atoms with Gasteiger partial charge in [0, 0.05) is 0 Å². The third-order valence-electron chi connectivity index (χ3n) is 4.03. The van der Waals surface area contributed by atoms with Crippen LogP contribution in [0.15, 0.2) is 0 Å². The number of esters is 2. The second kappa shape index (κ2) is 11.9. The van der Waals surface area contributed by atoms with E-state index >= 15 is 0 Å². The van der Waals surface area contributed by atoms with Crippen molar-refractivity contribution in [3.05, 3.63) is 0 Å². The molecule has 0 heterocycles. The molecule has 0 saturated carbocycles. The van der Waals surface area contributed by atoms with Crippen molar-refractivity contribution in [2.24, 2.45) is 11.3 Å². The molecule has 0 aromatic rings. The highest BCUT2D eigenvalue weighted by atomic mass is 16.5. The third kappa shape index (κ3) is 6.21. The van der Waals surface area contributed by atoms with E-state index in [-0.39, 0.29) is 13.2 Å². The number of ether oxygens (including phenoxy) is 2. The fraction of sp³-hybridized carbons (Fsp3) is 0.833. The highest BCUT2D eigenvalue weighted by Gasteiger charge is 2.51. The van der Waals surface area contributed by atoms with E-state index in [4.69, 9.17) is 9.47 Å². The lowest BCUT2D eigenvalue weighted by molar-refractivity contribution is -0.166. The Bertz CT molecular complexity index is 402. The highest BCUT2D eigenvalue weighted by molar-refractivity contribution is 5.88. The molecule has 5 nitrogen and oxygen atoms in total. The number of rotatable bonds is 12. The van der Waals surface area contributed by atoms with E-state index in [0.717, 1.165) is 25.7 Å². The van der Waals surface area contributed by atoms with Gasteiger partial charge in [-0.1, -0.05) is 46.0 Å². The van der Waals surface area contributed by atoms with Gasteiger partial charge in [-0.3, -0.25) is 9.59 Å². The largest absolute Gasteiger partial charge is 0.466 e. The maximum absolute atomic E-state index is 12.5. The number of nitriles is 1. The van der Waals surface area contributed by atoms with Crippen molar-refractivity contribution in [2.45, 2.75) is 72.6 Å². The summed E-state index contributed by atoms with van der Waals surface area (Å²) in [5.41, 5.74) is -1.44. The van der Waals surface area contributed by atoms with Crippen LogP contribution in [-0.2, 0) is 19.1 Å². The standard InChI is InChI=1S/C18H31NO4/c1-5-9-11-12-15(16(20)22-7-3)18(14-19,13-10-6-2)17(21)23-8-4/h15H,5-13H2,1-4H3. The van der Waals surface area contributed by atoms with Gasteiger partial charge < -0.3 is 9.47 Å². The van der Waals surface area contributed by atoms with Crippen molar-refractivity contribution in [2.75, 3.05) is 13.2 Å². The van der Waals surface area contributed by atoms with E-state index in [1.54, 1.807) is 13.8 Å². The summed E-state index contributed by atoms with van der Waals surface area (Å²) >= 11 is 0. The lowest BCUT2D eigenvalue weighted by Gasteiger charge is -2.31. The van der Waals surface area contributed by atoms with E-state index in [2.05, 4.69) is 13.0 Å². The predicted octanol–water partition coefficient (Wildman–Crippen LogP) is 4.01. The van der Waals surface area contributed by atoms with Crippen LogP contribution in [0.4, 0.5) is 0 Å². The van der Waals surface area contributed by atoms with Crippen LogP contribution in [0.1, 0.15) is 72.6 Å². The number of carbonyl (C=O) groups excluding carboxylic acids is 2. The van der Waals surface area contributed by atoms with E-state index in [1.165, 1.54) is 0 Å². The topological polar surface area (TPSA) is 76.4 Å². The molecule has 0 aliphatic carbocycles. The summed E-state index contributed by atoms with van der Waals surface area (Å²) in [5, 5.41) is 9.79. The molecule has 0 aliphatic heterocycles. The normalized spacial score (nSPS) is 14.4. The van der Waals surface area contributed by atoms with Crippen molar-refractivity contribution in [1.29, 1.82) is 5.26 Å². The first kappa shape index (κ1) is 21.4. The summed E-state index contributed by atoms with van der Waals surface area (Å²) in [6, 6.07) is 2.13. The van der Waals surface area contributed by atoms with Crippen LogP contribution in [0.25, 0.3) is 0 Å². The number of hydrogen-bond donors (Lipinski definition) is 0. The Hall–Kier alpha value is -1.57. The lowest BCUT2D eigenvalue weighted by Crippen LogP contribution is -2.43. The Kier molecular flexibility index (Phi) is 11.1. The number of nitrogens with zero attached hydrogens (tertiary/aromatic N) is 1. The van der Waals surface area contributed by atoms with E-state index in [1.807, 2.05) is 6.92 Å². The van der Waals surface area contributed by atoms with Gasteiger partial charge in [0.05, 0.1) is 25.2 Å². The molecule has 0 spiro atoms. The molecule has 0 aromatic carbocycles. The molecule has 0 aromatic heterocycles. The lowest BCUT2D eigenvalue weighted by atomic mass is 9.70. The van der Waals surface area contributed by atoms with Crippen LogP contribution in [0.5, 0.6) is 0 Å². The maximum atomic E-state index is 12.5. The molecular formula is C18H31NO4. The fourth-order valence-corrected chi connectivity index (χ4v) is 2.72. The summed E-state index contributed by atoms with van der Waals surface area (Å²) in [6.07, 6.45) is 5.08. The van der Waals surface area contributed by atoms with Crippen LogP contribution in [0, 0.1) is 22.7 Å². The van der Waals surface area contributed by atoms with Gasteiger partial charge >= 0.3 is 11.9 Å². The van der Waals surface area contributed by atoms with Gasteiger partial charge in [0.2, 0.25) is 0 Å². The second-order valence-electron chi connectivity index (χ2n) is 5.71. The zero-order valence-electron chi connectivity index (χ0n) is 15.0. The van der Waals surface area contributed by atoms with Crippen molar-refractivity contribution < 1.29 is 19.1 Å². The molecule has 0 fully saturated rings. The summed E-state index contributed by atoms with van der Waals surface area (Å²) in [4.78, 5) is 25.0. The first-order valence-corrected chi connectivity index (χ1v) is 8.79. The summed E-state index contributed by atoms with van der Waals surface area (Å²) in [6.45, 7) is 7.92. The minimum absolute atomic E-state index is 0.193. The minimum atomic E-state index is -1.44. The number of carbonyl (C=O) groups is 2. The second-order valence-corrected chi connectivity index (χ2v) is 5.71. The van der Waals surface area contributed by atoms with Gasteiger partial charge in [-0.05, 0) is 26.7 Å². The van der Waals surface area contributed by atoms with Crippen LogP contribution in [0.2, 0.25) is 0 Å². The SMILES string of the molecule is CCCCCC(C(=O)OCC)C(C#N)(CCCC)C(=O)OCC. The number of hydrogen-bond acceptors (Lipinski definition) is 5. The minimum Gasteiger partial charge on any atom is -0.466 e. The molecule has 0 rings (SSSR count). The smallest absolute Gasteiger partial charge is 0.327 e. The zero-order chi connectivity index (χ0) is 17.7. The van der Waals surface area contributed by atoms with Crippen LogP contribution in [-0.4, -0.2) is 25.2 Å². The highest BCUT2D eigenvalue weighted by Crippen LogP contribution is 2.39. The molecule has 0 aliphatic rings. The average Bonchev–Trinajstić information content (AvgIpc) is 2.54. The molecule has 0 radical (unpaired) electrons. The summed E-state index contributed by atoms with van der Waals surface area (Å²) in [7, 11) is 0. The zero-order valence-corrected chi connectivity index (χ0v) is 15.0. The fourth-order valence-electron chi connectivity index (χ4n) is 2.72. The quantitative estimate of drug-likeness (QED) is 0.400. The molecule has 0 saturated heterocycles. The summed E-state index contributed by atoms with van der Waals surface area (Å²) < 4.78 is 10.3. The Labute approximate surface area is 140 Å². The maximum Gasteiger partial charge on any atom is 0.327 e. The van der Waals surface area contributed by atoms with E-state index < -0.39 is 23.3 Å². The van der Waals surface area contributed by atoms with Crippen LogP contribution in [0.3, 0.4) is 0 Å². The van der Waals surface area contributed by atoms with Crippen molar-refractivity contribution in [1.82, 2.24) is 0 Å². The molecule has 2 unspecified atom stereocenters. The molecule has 132 valence electrons. The average molecular weight is 325 g/mol. The molecule has 5 heteroatoms. The van der Waals surface area contributed by atoms with E-state index in [0.29, 0.717) is 19.3 Å². The Balaban J connectivity index is 5.60. The Morgan fingerprint density at radius 1 is 1.00 bits per heavy atom. The monoisotopic (exact) mass is 325 g/mol. The van der Waals surface area contributed by atoms with Gasteiger partial charge in [-0.2, -0.15) is 5.26 Å². The first-order chi connectivity index (χ1) is 11.0. The summed E-state index contributed by atoms with van der Waals surface area (Å²) in [5.74, 6) is -1.82. The van der Waals surface area contributed by atoms with Gasteiger partial charge in [-0.25, -0.2) is 0 Å². The van der Waals surface area contributed by atoms with Crippen molar-refractivity contribution >= 4 is 11.9 Å². The van der Waals surface area contributed by atoms with E-state index in [9.17, 15) is 14.9 Å². The molecule has 2 atom stereocenters. The first-order valence-electron chi connectivity index (χ1n) is 8.79. The molecular weight excluding hydrogens is 294 g/mol. The van der Waals surface area contributed by atoms with Gasteiger partial charge in [-0.15, -0.1) is 0 Å². The molecule has 23 heavy (non-hydrogen) atoms. The molecule has 0 N–H and O–H groups in total.